The van der Waals surface area contributed by atoms with E-state index in [1.165, 1.54) is 25.7 Å². The lowest BCUT2D eigenvalue weighted by Gasteiger charge is -2.07. The summed E-state index contributed by atoms with van der Waals surface area (Å²) >= 11 is 0. The number of nitrogens with two attached hydrogens (primary N) is 2. The molecule has 0 amide bonds. The number of hydrogen-bond acceptors (Lipinski definition) is 6. The van der Waals surface area contributed by atoms with Gasteiger partial charge in [-0.2, -0.15) is 0 Å². The van der Waals surface area contributed by atoms with Crippen molar-refractivity contribution < 1.29 is 10.2 Å². The second kappa shape index (κ2) is 33.1. The fourth-order valence-electron chi connectivity index (χ4n) is 3.60. The average Bonchev–Trinajstić information content (AvgIpc) is 2.97. The van der Waals surface area contributed by atoms with Crippen LogP contribution in [0.2, 0.25) is 0 Å². The van der Waals surface area contributed by atoms with E-state index in [4.69, 9.17) is 11.5 Å². The third-order valence-corrected chi connectivity index (χ3v) is 6.05. The van der Waals surface area contributed by atoms with Crippen LogP contribution in [0.3, 0.4) is 0 Å². The number of hydrogen-bond donors (Lipinski definition) is 6. The molecule has 6 heteroatoms. The number of unbranched alkanes of at least 4 members (excludes halogenated alkanes) is 4. The summed E-state index contributed by atoms with van der Waals surface area (Å²) in [6.07, 6.45) is 43.3. The van der Waals surface area contributed by atoms with Crippen molar-refractivity contribution in [2.45, 2.75) is 89.3 Å². The molecule has 8 N–H and O–H groups in total. The second-order valence-corrected chi connectivity index (χ2v) is 9.88. The molecular weight excluding hydrogens is 496 g/mol. The molecule has 0 spiro atoms. The molecule has 0 aliphatic carbocycles. The molecule has 0 aliphatic heterocycles. The van der Waals surface area contributed by atoms with E-state index in [0.717, 1.165) is 64.5 Å². The molecule has 0 aromatic heterocycles. The van der Waals surface area contributed by atoms with E-state index in [1.807, 2.05) is 0 Å². The lowest BCUT2D eigenvalue weighted by molar-refractivity contribution is 0.180. The Labute approximate surface area is 245 Å². The molecule has 0 aromatic rings. The first-order valence-electron chi connectivity index (χ1n) is 15.4. The molecular formula is C34H60N4O2. The van der Waals surface area contributed by atoms with Crippen LogP contribution in [0.15, 0.2) is 85.1 Å². The van der Waals surface area contributed by atoms with Crippen LogP contribution in [0.5, 0.6) is 0 Å². The van der Waals surface area contributed by atoms with Gasteiger partial charge in [0.1, 0.15) is 0 Å². The molecule has 0 radical (unpaired) electrons. The minimum Gasteiger partial charge on any atom is -0.390 e. The Morgan fingerprint density at radius 1 is 0.425 bits per heavy atom. The average molecular weight is 557 g/mol. The van der Waals surface area contributed by atoms with Crippen molar-refractivity contribution in [3.63, 3.8) is 0 Å². The summed E-state index contributed by atoms with van der Waals surface area (Å²) in [5, 5.41) is 25.1. The van der Waals surface area contributed by atoms with Crippen LogP contribution >= 0.6 is 0 Å². The van der Waals surface area contributed by atoms with Gasteiger partial charge in [-0.05, 0) is 83.7 Å². The molecule has 6 nitrogen and oxygen atoms in total. The molecule has 2 atom stereocenters. The first-order chi connectivity index (χ1) is 19.7. The van der Waals surface area contributed by atoms with Crippen LogP contribution in [0.4, 0.5) is 0 Å². The van der Waals surface area contributed by atoms with E-state index >= 15 is 0 Å². The Morgan fingerprint density at radius 2 is 0.725 bits per heavy atom. The fourth-order valence-corrected chi connectivity index (χ4v) is 3.60. The number of allylic oxidation sites excluding steroid dienone is 12. The summed E-state index contributed by atoms with van der Waals surface area (Å²) in [5.74, 6) is 0. The highest BCUT2D eigenvalue weighted by Gasteiger charge is 1.98. The molecule has 40 heavy (non-hydrogen) atoms. The maximum absolute atomic E-state index is 9.35. The minimum absolute atomic E-state index is 0.306. The third-order valence-electron chi connectivity index (χ3n) is 6.05. The Morgan fingerprint density at radius 3 is 1.10 bits per heavy atom. The van der Waals surface area contributed by atoms with Gasteiger partial charge in [0.05, 0.1) is 12.2 Å². The predicted molar refractivity (Wildman–Crippen MR) is 175 cm³/mol. The lowest BCUT2D eigenvalue weighted by atomic mass is 10.1. The highest BCUT2D eigenvalue weighted by atomic mass is 16.3. The van der Waals surface area contributed by atoms with Gasteiger partial charge in [0.15, 0.2) is 0 Å². The topological polar surface area (TPSA) is 117 Å². The third kappa shape index (κ3) is 32.2. The first-order valence-corrected chi connectivity index (χ1v) is 15.4. The van der Waals surface area contributed by atoms with Gasteiger partial charge in [0.2, 0.25) is 0 Å². The van der Waals surface area contributed by atoms with Crippen LogP contribution in [0.25, 0.3) is 0 Å². The summed E-state index contributed by atoms with van der Waals surface area (Å²) in [4.78, 5) is 0. The number of aliphatic hydroxyl groups excluding tert-OH is 2. The highest BCUT2D eigenvalue weighted by Crippen LogP contribution is 2.05. The van der Waals surface area contributed by atoms with Gasteiger partial charge in [0.25, 0.3) is 0 Å². The standard InChI is InChI=1S/C34H60N4O2/c35-29-33(39)31-37-27-25-23-21-19-17-15-13-11-9-7-5-3-1-2-4-6-8-10-12-14-16-18-20-22-24-26-28-38-32-34(40)30-36/h1,3-4,6-7,9-10,12,16,18,21-24,33-34,37-40H,2,5,8,11,13-15,17,19-20,25-32,35-36H2/b3-1+,6-4+,9-7+,12-10+,18-16+,23-21+,24-22+. The summed E-state index contributed by atoms with van der Waals surface area (Å²) < 4.78 is 0. The minimum atomic E-state index is -0.444. The molecule has 2 unspecified atom stereocenters. The SMILES string of the molecule is NCC(O)CNCC/C=C/C/C=C/C/C=C/C/C=C/C/C=C/C/C=C/CCCCC/C=C/CCNCC(O)CN. The Bertz CT molecular complexity index is 725. The molecule has 0 fully saturated rings. The summed E-state index contributed by atoms with van der Waals surface area (Å²) in [5.41, 5.74) is 10.7. The number of rotatable bonds is 28. The normalized spacial score (nSPS) is 14.6. The molecule has 0 rings (SSSR count). The Balaban J connectivity index is 3.47. The van der Waals surface area contributed by atoms with E-state index < -0.39 is 12.2 Å². The molecule has 228 valence electrons. The zero-order chi connectivity index (χ0) is 29.2. The summed E-state index contributed by atoms with van der Waals surface area (Å²) in [6.45, 7) is 3.52. The van der Waals surface area contributed by atoms with Crippen molar-refractivity contribution >= 4 is 0 Å². The van der Waals surface area contributed by atoms with Crippen LogP contribution in [-0.4, -0.2) is 61.7 Å². The van der Waals surface area contributed by atoms with Crippen molar-refractivity contribution in [1.29, 1.82) is 0 Å². The van der Waals surface area contributed by atoms with Crippen LogP contribution in [0.1, 0.15) is 77.0 Å². The van der Waals surface area contributed by atoms with Gasteiger partial charge >= 0.3 is 0 Å². The van der Waals surface area contributed by atoms with Crippen LogP contribution < -0.4 is 22.1 Å². The molecule has 0 heterocycles. The van der Waals surface area contributed by atoms with Gasteiger partial charge in [-0.25, -0.2) is 0 Å². The predicted octanol–water partition coefficient (Wildman–Crippen LogP) is 5.38. The molecule has 0 saturated heterocycles. The van der Waals surface area contributed by atoms with Crippen LogP contribution in [-0.2, 0) is 0 Å². The van der Waals surface area contributed by atoms with Crippen molar-refractivity contribution in [3.05, 3.63) is 85.1 Å². The number of aliphatic hydroxyl groups is 2. The van der Waals surface area contributed by atoms with Gasteiger partial charge in [-0.3, -0.25) is 0 Å². The second-order valence-electron chi connectivity index (χ2n) is 9.88. The maximum atomic E-state index is 9.35. The van der Waals surface area contributed by atoms with Crippen molar-refractivity contribution in [3.8, 4) is 0 Å². The smallest absolute Gasteiger partial charge is 0.0786 e. The molecule has 0 aromatic carbocycles. The quantitative estimate of drug-likeness (QED) is 0.0569. The van der Waals surface area contributed by atoms with Gasteiger partial charge in [0, 0.05) is 26.2 Å². The fraction of sp³-hybridized carbons (Fsp3) is 0.588. The molecule has 0 aliphatic rings. The van der Waals surface area contributed by atoms with E-state index in [9.17, 15) is 10.2 Å². The van der Waals surface area contributed by atoms with E-state index in [1.54, 1.807) is 0 Å². The summed E-state index contributed by atoms with van der Waals surface area (Å²) in [7, 11) is 0. The molecule has 0 bridgehead atoms. The summed E-state index contributed by atoms with van der Waals surface area (Å²) in [6, 6.07) is 0. The molecule has 0 saturated carbocycles. The van der Waals surface area contributed by atoms with E-state index in [-0.39, 0.29) is 0 Å². The van der Waals surface area contributed by atoms with E-state index in [0.29, 0.717) is 26.2 Å². The van der Waals surface area contributed by atoms with Gasteiger partial charge in [-0.1, -0.05) is 91.5 Å². The zero-order valence-electron chi connectivity index (χ0n) is 25.0. The van der Waals surface area contributed by atoms with Crippen molar-refractivity contribution in [2.75, 3.05) is 39.3 Å². The van der Waals surface area contributed by atoms with Crippen LogP contribution in [0, 0.1) is 0 Å². The van der Waals surface area contributed by atoms with Crippen molar-refractivity contribution in [2.24, 2.45) is 11.5 Å². The lowest BCUT2D eigenvalue weighted by Crippen LogP contribution is -2.32. The highest BCUT2D eigenvalue weighted by molar-refractivity contribution is 5.01. The largest absolute Gasteiger partial charge is 0.390 e. The first kappa shape index (κ1) is 37.9. The Kier molecular flexibility index (Phi) is 31.4. The number of nitrogens with one attached hydrogen (secondary N) is 2. The monoisotopic (exact) mass is 556 g/mol. The zero-order valence-corrected chi connectivity index (χ0v) is 25.0. The maximum Gasteiger partial charge on any atom is 0.0786 e. The van der Waals surface area contributed by atoms with Gasteiger partial charge < -0.3 is 32.3 Å². The van der Waals surface area contributed by atoms with Crippen molar-refractivity contribution in [1.82, 2.24) is 10.6 Å². The van der Waals surface area contributed by atoms with Gasteiger partial charge in [-0.15, -0.1) is 0 Å². The van der Waals surface area contributed by atoms with E-state index in [2.05, 4.69) is 95.7 Å². The Hall–Kier alpha value is -2.06.